The Kier molecular flexibility index (Phi) is 6.84. The first-order chi connectivity index (χ1) is 16.9. The van der Waals surface area contributed by atoms with Gasteiger partial charge in [-0.2, -0.15) is 16.8 Å². The molecule has 0 unspecified atom stereocenters. The molecule has 37 heavy (non-hydrogen) atoms. The van der Waals surface area contributed by atoms with Crippen molar-refractivity contribution in [2.24, 2.45) is 0 Å². The van der Waals surface area contributed by atoms with Crippen molar-refractivity contribution in [3.8, 4) is 11.1 Å². The molecule has 0 heterocycles. The fraction of sp³-hybridized carbons (Fsp3) is 0.259. The molecule has 0 amide bonds. The van der Waals surface area contributed by atoms with Gasteiger partial charge in [-0.05, 0) is 33.7 Å². The van der Waals surface area contributed by atoms with Gasteiger partial charge in [-0.1, -0.05) is 98.2 Å². The number of fused-ring (bicyclic) bond motifs is 2. The Morgan fingerprint density at radius 2 is 1.03 bits per heavy atom. The second-order valence-electron chi connectivity index (χ2n) is 11.3. The highest BCUT2D eigenvalue weighted by molar-refractivity contribution is 7.87. The van der Waals surface area contributed by atoms with Crippen LogP contribution in [-0.4, -0.2) is 44.6 Å². The van der Waals surface area contributed by atoms with E-state index in [4.69, 9.17) is 4.18 Å². The van der Waals surface area contributed by atoms with Crippen LogP contribution in [0.4, 0.5) is 0 Å². The summed E-state index contributed by atoms with van der Waals surface area (Å²) in [6.07, 6.45) is 0. The van der Waals surface area contributed by atoms with Crippen LogP contribution in [0.15, 0.2) is 70.5 Å². The van der Waals surface area contributed by atoms with Crippen molar-refractivity contribution >= 4 is 68.3 Å². The van der Waals surface area contributed by atoms with Crippen molar-refractivity contribution in [2.75, 3.05) is 7.11 Å². The van der Waals surface area contributed by atoms with Crippen LogP contribution in [0.3, 0.4) is 0 Å². The molecule has 0 bridgehead atoms. The Morgan fingerprint density at radius 3 is 1.41 bits per heavy atom. The quantitative estimate of drug-likeness (QED) is 0.190. The number of hydrogen-bond donors (Lipinski definition) is 1. The third kappa shape index (κ3) is 5.18. The van der Waals surface area contributed by atoms with E-state index in [0.29, 0.717) is 10.8 Å². The summed E-state index contributed by atoms with van der Waals surface area (Å²) < 4.78 is 66.7. The fourth-order valence-corrected chi connectivity index (χ4v) is 8.51. The predicted octanol–water partition coefficient (Wildman–Crippen LogP) is 5.33. The average molecular weight is 573 g/mol. The molecular formula is C27H32O6S2Si2. The van der Waals surface area contributed by atoms with Gasteiger partial charge >= 0.3 is 0 Å². The van der Waals surface area contributed by atoms with Crippen LogP contribution in [0.5, 0.6) is 0 Å². The second-order valence-corrected chi connectivity index (χ2v) is 24.6. The Labute approximate surface area is 221 Å². The summed E-state index contributed by atoms with van der Waals surface area (Å²) >= 11 is 0. The average Bonchev–Trinajstić information content (AvgIpc) is 2.80. The maximum absolute atomic E-state index is 13.1. The molecular weight excluding hydrogens is 541 g/mol. The van der Waals surface area contributed by atoms with Crippen LogP contribution in [-0.2, 0) is 24.4 Å². The first kappa shape index (κ1) is 27.7. The number of hydrogen-bond acceptors (Lipinski definition) is 5. The lowest BCUT2D eigenvalue weighted by Gasteiger charge is -2.22. The Bertz CT molecular complexity index is 1770. The van der Waals surface area contributed by atoms with Crippen LogP contribution >= 0.6 is 0 Å². The van der Waals surface area contributed by atoms with Gasteiger partial charge < -0.3 is 0 Å². The van der Waals surface area contributed by atoms with Crippen molar-refractivity contribution in [1.29, 1.82) is 0 Å². The minimum Gasteiger partial charge on any atom is -0.282 e. The zero-order valence-corrected chi connectivity index (χ0v) is 25.7. The van der Waals surface area contributed by atoms with Gasteiger partial charge in [-0.25, -0.2) is 0 Å². The highest BCUT2D eigenvalue weighted by atomic mass is 32.2. The van der Waals surface area contributed by atoms with E-state index in [9.17, 15) is 21.4 Å². The zero-order valence-electron chi connectivity index (χ0n) is 22.1. The van der Waals surface area contributed by atoms with E-state index >= 15 is 0 Å². The van der Waals surface area contributed by atoms with Gasteiger partial charge in [0.2, 0.25) is 0 Å². The van der Waals surface area contributed by atoms with E-state index in [2.05, 4.69) is 39.3 Å². The van der Waals surface area contributed by atoms with Gasteiger partial charge in [0.15, 0.2) is 0 Å². The van der Waals surface area contributed by atoms with E-state index < -0.39 is 36.4 Å². The summed E-state index contributed by atoms with van der Waals surface area (Å²) in [5.41, 5.74) is 0.338. The summed E-state index contributed by atoms with van der Waals surface area (Å²) in [6, 6.07) is 17.8. The van der Waals surface area contributed by atoms with Crippen LogP contribution in [0.2, 0.25) is 39.3 Å². The minimum absolute atomic E-state index is 0.143. The lowest BCUT2D eigenvalue weighted by atomic mass is 9.93. The highest BCUT2D eigenvalue weighted by Crippen LogP contribution is 2.42. The summed E-state index contributed by atoms with van der Waals surface area (Å²) in [5, 5.41) is 4.99. The molecule has 0 aromatic heterocycles. The largest absolute Gasteiger partial charge is 0.297 e. The maximum atomic E-state index is 13.1. The summed E-state index contributed by atoms with van der Waals surface area (Å²) in [6.45, 7) is 13.3. The fourth-order valence-electron chi connectivity index (χ4n) is 4.58. The molecule has 0 atom stereocenters. The summed E-state index contributed by atoms with van der Waals surface area (Å²) in [7, 11) is -11.2. The predicted molar refractivity (Wildman–Crippen MR) is 157 cm³/mol. The lowest BCUT2D eigenvalue weighted by molar-refractivity contribution is 0.398. The van der Waals surface area contributed by atoms with Crippen LogP contribution in [0, 0.1) is 0 Å². The summed E-state index contributed by atoms with van der Waals surface area (Å²) in [5.74, 6) is 0. The third-order valence-corrected chi connectivity index (χ3v) is 13.0. The minimum atomic E-state index is -4.70. The topological polar surface area (TPSA) is 97.7 Å². The monoisotopic (exact) mass is 572 g/mol. The SMILES string of the molecule is COS(=O)(=O)c1ccc2cc([Si](C)(C)C)ccc2c1-c1c(S(=O)(=O)O)ccc2cc([Si](C)(C)C)ccc12. The lowest BCUT2D eigenvalue weighted by Crippen LogP contribution is -2.37. The molecule has 10 heteroatoms. The molecule has 4 aromatic carbocycles. The molecule has 4 aromatic rings. The molecule has 0 aliphatic heterocycles. The normalized spacial score (nSPS) is 13.4. The highest BCUT2D eigenvalue weighted by Gasteiger charge is 2.29. The molecule has 0 aliphatic rings. The van der Waals surface area contributed by atoms with E-state index in [1.54, 1.807) is 12.1 Å². The van der Waals surface area contributed by atoms with Gasteiger partial charge in [0, 0.05) is 11.1 Å². The molecule has 0 fully saturated rings. The molecule has 196 valence electrons. The maximum Gasteiger partial charge on any atom is 0.297 e. The smallest absolute Gasteiger partial charge is 0.282 e. The molecule has 0 saturated carbocycles. The number of rotatable bonds is 6. The third-order valence-electron chi connectivity index (χ3n) is 6.71. The molecule has 1 N–H and O–H groups in total. The second kappa shape index (κ2) is 9.14. The van der Waals surface area contributed by atoms with Gasteiger partial charge in [-0.15, -0.1) is 0 Å². The standard InChI is InChI=1S/C27H32O6S2Si2/c1-33-35(31,32)25-15-9-19-17-21(37(5,6)7)11-13-23(19)27(25)26-22-12-10-20(36(2,3)4)16-18(22)8-14-24(26)34(28,29)30/h8-17H,1-7H3,(H,28,29,30). The van der Waals surface area contributed by atoms with Crippen LogP contribution < -0.4 is 10.4 Å². The Morgan fingerprint density at radius 1 is 0.622 bits per heavy atom. The first-order valence-electron chi connectivity index (χ1n) is 11.9. The van der Waals surface area contributed by atoms with Crippen molar-refractivity contribution in [3.63, 3.8) is 0 Å². The zero-order chi connectivity index (χ0) is 27.6. The first-order valence-corrected chi connectivity index (χ1v) is 21.7. The van der Waals surface area contributed by atoms with Crippen molar-refractivity contribution in [1.82, 2.24) is 0 Å². The summed E-state index contributed by atoms with van der Waals surface area (Å²) in [4.78, 5) is -0.509. The van der Waals surface area contributed by atoms with Crippen LogP contribution in [0.1, 0.15) is 0 Å². The number of benzene rings is 4. The van der Waals surface area contributed by atoms with Crippen molar-refractivity contribution < 1.29 is 25.6 Å². The molecule has 0 radical (unpaired) electrons. The molecule has 4 rings (SSSR count). The van der Waals surface area contributed by atoms with E-state index in [1.165, 1.54) is 22.5 Å². The van der Waals surface area contributed by atoms with E-state index in [0.717, 1.165) is 17.9 Å². The van der Waals surface area contributed by atoms with Crippen LogP contribution in [0.25, 0.3) is 32.7 Å². The van der Waals surface area contributed by atoms with Gasteiger partial charge in [-0.3, -0.25) is 8.74 Å². The Balaban J connectivity index is 2.26. The van der Waals surface area contributed by atoms with Gasteiger partial charge in [0.1, 0.15) is 9.79 Å². The van der Waals surface area contributed by atoms with Crippen molar-refractivity contribution in [2.45, 2.75) is 49.1 Å². The van der Waals surface area contributed by atoms with E-state index in [-0.39, 0.29) is 20.9 Å². The molecule has 6 nitrogen and oxygen atoms in total. The van der Waals surface area contributed by atoms with Crippen molar-refractivity contribution in [3.05, 3.63) is 60.7 Å². The molecule has 0 aliphatic carbocycles. The molecule has 0 spiro atoms. The van der Waals surface area contributed by atoms with Gasteiger partial charge in [0.05, 0.1) is 23.3 Å². The van der Waals surface area contributed by atoms with E-state index in [1.807, 2.05) is 36.4 Å². The van der Waals surface area contributed by atoms with Gasteiger partial charge in [0.25, 0.3) is 20.2 Å². The molecule has 0 saturated heterocycles. The Hall–Kier alpha value is -2.35.